The smallest absolute Gasteiger partial charge is 0.160 e. The Morgan fingerprint density at radius 3 is 0.800 bits per heavy atom. The Kier molecular flexibility index (Phi) is 13.3. The van der Waals surface area contributed by atoms with Gasteiger partial charge in [0.15, 0.2) is 5.82 Å². The van der Waals surface area contributed by atoms with Gasteiger partial charge in [-0.1, -0.05) is 291 Å². The second-order valence-corrected chi connectivity index (χ2v) is 21.6. The summed E-state index contributed by atoms with van der Waals surface area (Å²) in [7, 11) is 0. The summed E-state index contributed by atoms with van der Waals surface area (Å²) in [4.78, 5) is 11.0. The van der Waals surface area contributed by atoms with Gasteiger partial charge in [0.25, 0.3) is 0 Å². The molecular weight excluding hydrogens is 1030 g/mol. The van der Waals surface area contributed by atoms with E-state index in [0.29, 0.717) is 5.82 Å². The number of fused-ring (bicyclic) bond motifs is 3. The highest BCUT2D eigenvalue weighted by molar-refractivity contribution is 6.20. The van der Waals surface area contributed by atoms with E-state index in [2.05, 4.69) is 338 Å². The predicted molar refractivity (Wildman–Crippen MR) is 356 cm³/mol. The lowest BCUT2D eigenvalue weighted by Crippen LogP contribution is -2.04. The molecule has 15 rings (SSSR count). The van der Waals surface area contributed by atoms with Crippen molar-refractivity contribution in [1.29, 1.82) is 0 Å². The van der Waals surface area contributed by atoms with Crippen LogP contribution in [-0.4, -0.2) is 14.5 Å². The minimum absolute atomic E-state index is 0.650. The Hall–Kier alpha value is -11.3. The summed E-state index contributed by atoms with van der Waals surface area (Å²) < 4.78 is 2.62. The molecule has 0 N–H and O–H groups in total. The fraction of sp³-hybridized carbons (Fsp3) is 0. The Morgan fingerprint density at radius 1 is 0.188 bits per heavy atom. The van der Waals surface area contributed by atoms with Crippen molar-refractivity contribution in [1.82, 2.24) is 14.5 Å². The minimum Gasteiger partial charge on any atom is -0.307 e. The second-order valence-electron chi connectivity index (χ2n) is 21.6. The number of hydrogen-bond acceptors (Lipinski definition) is 2. The Balaban J connectivity index is 1.06. The zero-order valence-corrected chi connectivity index (χ0v) is 46.6. The van der Waals surface area contributed by atoms with Crippen molar-refractivity contribution in [3.05, 3.63) is 334 Å². The van der Waals surface area contributed by atoms with E-state index in [-0.39, 0.29) is 0 Å². The zero-order valence-electron chi connectivity index (χ0n) is 46.6. The molecule has 85 heavy (non-hydrogen) atoms. The standard InChI is InChI=1S/C82H55N3/c1-9-25-56(26-10-1)60-41-45-66(46-42-60)77-55-78(84-82(83-77)67-47-43-61(44-48-67)57-27-11-2-12-28-57)70-53-73(64-37-21-7-22-38-64)79(74(54-70)65-39-23-8-24-40-65)85-80-71(62-33-17-5-18-34-62)49-68(58-29-13-3-14-30-58)51-75(80)76-52-69(59-31-15-4-16-32-59)50-72(81(76)85)63-35-19-6-20-36-63/h1-55H. The van der Waals surface area contributed by atoms with E-state index in [1.165, 1.54) is 5.56 Å². The molecule has 0 spiro atoms. The zero-order chi connectivity index (χ0) is 56.5. The highest BCUT2D eigenvalue weighted by Crippen LogP contribution is 2.50. The number of benzene rings is 13. The summed E-state index contributed by atoms with van der Waals surface area (Å²) in [5, 5.41) is 2.32. The van der Waals surface area contributed by atoms with Crippen LogP contribution in [0.15, 0.2) is 334 Å². The van der Waals surface area contributed by atoms with E-state index < -0.39 is 0 Å². The maximum Gasteiger partial charge on any atom is 0.160 e. The molecule has 15 aromatic rings. The van der Waals surface area contributed by atoms with Crippen molar-refractivity contribution < 1.29 is 0 Å². The second kappa shape index (κ2) is 22.2. The fourth-order valence-electron chi connectivity index (χ4n) is 12.2. The van der Waals surface area contributed by atoms with E-state index in [1.807, 2.05) is 0 Å². The molecule has 0 aliphatic rings. The molecule has 0 fully saturated rings. The lowest BCUT2D eigenvalue weighted by atomic mass is 9.91. The van der Waals surface area contributed by atoms with Crippen molar-refractivity contribution in [2.45, 2.75) is 0 Å². The van der Waals surface area contributed by atoms with Crippen LogP contribution in [0.25, 0.3) is 150 Å². The third-order valence-corrected chi connectivity index (χ3v) is 16.4. The van der Waals surface area contributed by atoms with Crippen molar-refractivity contribution in [2.24, 2.45) is 0 Å². The first-order valence-electron chi connectivity index (χ1n) is 29.0. The predicted octanol–water partition coefficient (Wildman–Crippen LogP) is 21.9. The van der Waals surface area contributed by atoms with Crippen LogP contribution >= 0.6 is 0 Å². The van der Waals surface area contributed by atoms with Crippen LogP contribution in [-0.2, 0) is 0 Å². The first-order chi connectivity index (χ1) is 42.1. The lowest BCUT2D eigenvalue weighted by Gasteiger charge is -2.23. The summed E-state index contributed by atoms with van der Waals surface area (Å²) in [5.41, 5.74) is 25.9. The van der Waals surface area contributed by atoms with E-state index in [1.54, 1.807) is 0 Å². The normalized spacial score (nSPS) is 11.3. The molecule has 2 aromatic heterocycles. The summed E-state index contributed by atoms with van der Waals surface area (Å²) in [6.45, 7) is 0. The number of nitrogens with zero attached hydrogens (tertiary/aromatic N) is 3. The van der Waals surface area contributed by atoms with Gasteiger partial charge in [-0.15, -0.1) is 0 Å². The van der Waals surface area contributed by atoms with Gasteiger partial charge in [-0.25, -0.2) is 9.97 Å². The van der Waals surface area contributed by atoms with Crippen molar-refractivity contribution in [3.63, 3.8) is 0 Å². The third-order valence-electron chi connectivity index (χ3n) is 16.4. The summed E-state index contributed by atoms with van der Waals surface area (Å²) in [6.07, 6.45) is 0. The number of rotatable bonds is 12. The lowest BCUT2D eigenvalue weighted by molar-refractivity contribution is 1.17. The van der Waals surface area contributed by atoms with Gasteiger partial charge in [-0.05, 0) is 109 Å². The monoisotopic (exact) mass is 1080 g/mol. The number of hydrogen-bond donors (Lipinski definition) is 0. The van der Waals surface area contributed by atoms with Crippen LogP contribution in [0.1, 0.15) is 0 Å². The Morgan fingerprint density at radius 2 is 0.447 bits per heavy atom. The maximum atomic E-state index is 5.60. The molecule has 0 atom stereocenters. The molecule has 0 aliphatic carbocycles. The van der Waals surface area contributed by atoms with E-state index in [0.717, 1.165) is 139 Å². The topological polar surface area (TPSA) is 30.7 Å². The van der Waals surface area contributed by atoms with Gasteiger partial charge in [0.2, 0.25) is 0 Å². The van der Waals surface area contributed by atoms with Gasteiger partial charge in [0.1, 0.15) is 0 Å². The van der Waals surface area contributed by atoms with Crippen molar-refractivity contribution in [2.75, 3.05) is 0 Å². The quantitative estimate of drug-likeness (QED) is 0.122. The largest absolute Gasteiger partial charge is 0.307 e. The SMILES string of the molecule is c1ccc(-c2ccc(-c3cc(-c4cc(-c5ccccc5)c(-n5c6c(-c7ccccc7)cc(-c7ccccc7)cc6c6cc(-c7ccccc7)cc(-c7ccccc7)c65)c(-c5ccccc5)c4)nc(-c4ccc(-c5ccccc5)cc4)n3)cc2)cc1. The van der Waals surface area contributed by atoms with Crippen LogP contribution < -0.4 is 0 Å². The molecular formula is C82H55N3. The van der Waals surface area contributed by atoms with Gasteiger partial charge >= 0.3 is 0 Å². The summed E-state index contributed by atoms with van der Waals surface area (Å²) in [5.74, 6) is 0.650. The molecule has 3 nitrogen and oxygen atoms in total. The van der Waals surface area contributed by atoms with Crippen molar-refractivity contribution >= 4 is 21.8 Å². The molecule has 2 heterocycles. The average Bonchev–Trinajstić information content (AvgIpc) is 2.39. The van der Waals surface area contributed by atoms with E-state index in [4.69, 9.17) is 9.97 Å². The molecule has 0 saturated carbocycles. The first-order valence-corrected chi connectivity index (χ1v) is 29.0. The average molecular weight is 1080 g/mol. The highest BCUT2D eigenvalue weighted by atomic mass is 15.0. The molecule has 0 amide bonds. The van der Waals surface area contributed by atoms with Gasteiger partial charge in [-0.2, -0.15) is 0 Å². The molecule has 0 radical (unpaired) electrons. The van der Waals surface area contributed by atoms with Gasteiger partial charge in [0.05, 0.1) is 28.1 Å². The van der Waals surface area contributed by atoms with Crippen LogP contribution in [0.3, 0.4) is 0 Å². The molecule has 13 aromatic carbocycles. The molecule has 398 valence electrons. The van der Waals surface area contributed by atoms with Gasteiger partial charge in [-0.3, -0.25) is 0 Å². The van der Waals surface area contributed by atoms with Crippen molar-refractivity contribution in [3.8, 4) is 129 Å². The molecule has 3 heteroatoms. The van der Waals surface area contributed by atoms with Gasteiger partial charge < -0.3 is 4.57 Å². The minimum atomic E-state index is 0.650. The molecule has 0 aliphatic heterocycles. The van der Waals surface area contributed by atoms with E-state index >= 15 is 0 Å². The third kappa shape index (κ3) is 9.80. The van der Waals surface area contributed by atoms with Crippen LogP contribution in [0.5, 0.6) is 0 Å². The fourth-order valence-corrected chi connectivity index (χ4v) is 12.2. The molecule has 0 saturated heterocycles. The Bertz CT molecular complexity index is 4530. The summed E-state index contributed by atoms with van der Waals surface area (Å²) >= 11 is 0. The molecule has 0 bridgehead atoms. The first kappa shape index (κ1) is 50.7. The van der Waals surface area contributed by atoms with E-state index in [9.17, 15) is 0 Å². The van der Waals surface area contributed by atoms with Crippen LogP contribution in [0.4, 0.5) is 0 Å². The maximum absolute atomic E-state index is 5.60. The van der Waals surface area contributed by atoms with Gasteiger partial charge in [0, 0.05) is 49.7 Å². The van der Waals surface area contributed by atoms with Crippen LogP contribution in [0, 0.1) is 0 Å². The summed E-state index contributed by atoms with van der Waals surface area (Å²) in [6, 6.07) is 120. The molecule has 0 unspecified atom stereocenters. The highest BCUT2D eigenvalue weighted by Gasteiger charge is 2.28. The number of aromatic nitrogens is 3. The van der Waals surface area contributed by atoms with Crippen LogP contribution in [0.2, 0.25) is 0 Å². The Labute approximate surface area is 495 Å².